The first-order valence-corrected chi connectivity index (χ1v) is 8.73. The van der Waals surface area contributed by atoms with Gasteiger partial charge >= 0.3 is 35.5 Å². The summed E-state index contributed by atoms with van der Waals surface area (Å²) in [5, 5.41) is 11.5. The Hall–Kier alpha value is -1.44. The summed E-state index contributed by atoms with van der Waals surface area (Å²) in [5.41, 5.74) is 0. The molecule has 0 aliphatic carbocycles. The third-order valence-electron chi connectivity index (χ3n) is 3.70. The van der Waals surface area contributed by atoms with Crippen LogP contribution in [0, 0.1) is 0 Å². The summed E-state index contributed by atoms with van der Waals surface area (Å²) in [5.74, 6) is -3.72. The van der Waals surface area contributed by atoms with E-state index in [4.69, 9.17) is 0 Å². The molecule has 7 nitrogen and oxygen atoms in total. The summed E-state index contributed by atoms with van der Waals surface area (Å²) in [7, 11) is 1.11. The second-order valence-electron chi connectivity index (χ2n) is 5.70. The molecule has 0 radical (unpaired) electrons. The molecule has 0 aromatic carbocycles. The molecule has 0 spiro atoms. The maximum absolute atomic E-state index is 12.5. The van der Waals surface area contributed by atoms with Crippen molar-refractivity contribution in [3.63, 3.8) is 0 Å². The second kappa shape index (κ2) is 16.7. The Morgan fingerprint density at radius 1 is 0.963 bits per heavy atom. The van der Waals surface area contributed by atoms with Gasteiger partial charge in [0.1, 0.15) is 0 Å². The molecule has 0 aliphatic rings. The van der Waals surface area contributed by atoms with Gasteiger partial charge in [-0.15, -0.1) is 0 Å². The molecule has 27 heavy (non-hydrogen) atoms. The molecule has 0 saturated carbocycles. The number of unbranched alkanes of at least 4 members (excludes halogenated alkanes) is 2. The third kappa shape index (κ3) is 11.8. The Morgan fingerprint density at radius 2 is 1.41 bits per heavy atom. The number of carbonyl (C=O) groups is 4. The average molecular weight is 389 g/mol. The first kappa shape index (κ1) is 27.8. The molecule has 0 fully saturated rings. The molecular weight excluding hydrogens is 361 g/mol. The fourth-order valence-electron chi connectivity index (χ4n) is 2.32. The van der Waals surface area contributed by atoms with Gasteiger partial charge in [0.05, 0.1) is 25.5 Å². The van der Waals surface area contributed by atoms with Gasteiger partial charge < -0.3 is 14.6 Å². The van der Waals surface area contributed by atoms with Crippen LogP contribution < -0.4 is 34.7 Å². The van der Waals surface area contributed by atoms with Gasteiger partial charge in [0, 0.05) is 12.8 Å². The quantitative estimate of drug-likeness (QED) is 0.175. The van der Waals surface area contributed by atoms with Crippen molar-refractivity contribution in [1.29, 1.82) is 0 Å². The standard InChI is InChI=1S/C19H29NO6.Na/c1-4-6-8-10-12-16(21)20(17(22)13-11-9-7-5-2)15(19(24)25)14-18(23)26-3;/h4-7,15H,8-14H2,1-3H3,(H,24,25);/q;+1/p-1/b6-4+,7-5+;. The van der Waals surface area contributed by atoms with Crippen molar-refractivity contribution in [2.45, 2.75) is 64.8 Å². The molecule has 146 valence electrons. The van der Waals surface area contributed by atoms with Gasteiger partial charge in [-0.3, -0.25) is 19.3 Å². The topological polar surface area (TPSA) is 104 Å². The van der Waals surface area contributed by atoms with Crippen LogP contribution in [0.5, 0.6) is 0 Å². The molecule has 0 aromatic heterocycles. The molecule has 0 aromatic rings. The summed E-state index contributed by atoms with van der Waals surface area (Å²) < 4.78 is 4.47. The summed E-state index contributed by atoms with van der Waals surface area (Å²) >= 11 is 0. The van der Waals surface area contributed by atoms with Crippen molar-refractivity contribution in [2.24, 2.45) is 0 Å². The number of amides is 2. The van der Waals surface area contributed by atoms with Crippen molar-refractivity contribution in [2.75, 3.05) is 7.11 Å². The van der Waals surface area contributed by atoms with Crippen molar-refractivity contribution < 1.29 is 58.6 Å². The van der Waals surface area contributed by atoms with Crippen molar-refractivity contribution in [3.8, 4) is 0 Å². The number of carboxylic acids is 1. The number of rotatable bonds is 12. The molecule has 0 saturated heterocycles. The normalized spacial score (nSPS) is 11.8. The van der Waals surface area contributed by atoms with Crippen LogP contribution in [0.1, 0.15) is 58.8 Å². The number of hydrogen-bond donors (Lipinski definition) is 0. The molecular formula is C19H28NNaO6. The maximum Gasteiger partial charge on any atom is 1.00 e. The molecule has 8 heteroatoms. The van der Waals surface area contributed by atoms with E-state index in [1.54, 1.807) is 0 Å². The third-order valence-corrected chi connectivity index (χ3v) is 3.70. The van der Waals surface area contributed by atoms with Crippen LogP contribution >= 0.6 is 0 Å². The fraction of sp³-hybridized carbons (Fsp3) is 0.579. The average Bonchev–Trinajstić information content (AvgIpc) is 2.61. The van der Waals surface area contributed by atoms with E-state index in [0.29, 0.717) is 30.6 Å². The number of ether oxygens (including phenoxy) is 1. The van der Waals surface area contributed by atoms with E-state index in [-0.39, 0.29) is 42.4 Å². The summed E-state index contributed by atoms with van der Waals surface area (Å²) in [6, 6.07) is -1.66. The zero-order chi connectivity index (χ0) is 19.9. The Balaban J connectivity index is 0. The molecule has 0 N–H and O–H groups in total. The number of allylic oxidation sites excluding steroid dienone is 4. The smallest absolute Gasteiger partial charge is 0.548 e. The van der Waals surface area contributed by atoms with E-state index >= 15 is 0 Å². The Bertz CT molecular complexity index is 514. The summed E-state index contributed by atoms with van der Waals surface area (Å²) in [4.78, 5) is 48.6. The maximum atomic E-state index is 12.5. The number of nitrogens with zero attached hydrogens (tertiary/aromatic N) is 1. The number of carbonyl (C=O) groups excluding carboxylic acids is 4. The van der Waals surface area contributed by atoms with E-state index in [0.717, 1.165) is 7.11 Å². The minimum Gasteiger partial charge on any atom is -0.548 e. The van der Waals surface area contributed by atoms with Crippen LogP contribution in [0.15, 0.2) is 24.3 Å². The second-order valence-corrected chi connectivity index (χ2v) is 5.70. The van der Waals surface area contributed by atoms with Crippen LogP contribution in [0.25, 0.3) is 0 Å². The van der Waals surface area contributed by atoms with Gasteiger partial charge in [0.15, 0.2) is 0 Å². The number of carboxylic acid groups (broad SMARTS) is 1. The van der Waals surface area contributed by atoms with E-state index in [1.165, 1.54) is 0 Å². The first-order valence-electron chi connectivity index (χ1n) is 8.73. The van der Waals surface area contributed by atoms with E-state index in [2.05, 4.69) is 4.74 Å². The van der Waals surface area contributed by atoms with Crippen molar-refractivity contribution in [1.82, 2.24) is 4.90 Å². The van der Waals surface area contributed by atoms with Crippen LogP contribution in [-0.2, 0) is 23.9 Å². The van der Waals surface area contributed by atoms with Crippen molar-refractivity contribution in [3.05, 3.63) is 24.3 Å². The van der Waals surface area contributed by atoms with Crippen LogP contribution in [0.2, 0.25) is 0 Å². The van der Waals surface area contributed by atoms with Gasteiger partial charge in [0.2, 0.25) is 11.8 Å². The van der Waals surface area contributed by atoms with Gasteiger partial charge in [-0.25, -0.2) is 0 Å². The molecule has 1 unspecified atom stereocenters. The molecule has 0 bridgehead atoms. The monoisotopic (exact) mass is 389 g/mol. The van der Waals surface area contributed by atoms with Gasteiger partial charge in [-0.2, -0.15) is 0 Å². The molecule has 1 atom stereocenters. The molecule has 2 amide bonds. The molecule has 0 aliphatic heterocycles. The molecule has 0 heterocycles. The predicted molar refractivity (Wildman–Crippen MR) is 94.6 cm³/mol. The predicted octanol–water partition coefficient (Wildman–Crippen LogP) is -1.48. The summed E-state index contributed by atoms with van der Waals surface area (Å²) in [6.45, 7) is 3.70. The van der Waals surface area contributed by atoms with Crippen LogP contribution in [0.3, 0.4) is 0 Å². The molecule has 0 rings (SSSR count). The van der Waals surface area contributed by atoms with Crippen LogP contribution in [0.4, 0.5) is 0 Å². The Morgan fingerprint density at radius 3 is 1.74 bits per heavy atom. The zero-order valence-corrected chi connectivity index (χ0v) is 18.7. The zero-order valence-electron chi connectivity index (χ0n) is 16.7. The number of esters is 1. The fourth-order valence-corrected chi connectivity index (χ4v) is 2.32. The summed E-state index contributed by atoms with van der Waals surface area (Å²) in [6.07, 6.45) is 9.06. The number of imide groups is 1. The number of aliphatic carboxylic acids is 1. The van der Waals surface area contributed by atoms with E-state index < -0.39 is 36.2 Å². The minimum atomic E-state index is -1.66. The van der Waals surface area contributed by atoms with E-state index in [9.17, 15) is 24.3 Å². The number of hydrogen-bond acceptors (Lipinski definition) is 6. The Labute approximate surface area is 183 Å². The largest absolute Gasteiger partial charge is 1.00 e. The van der Waals surface area contributed by atoms with E-state index in [1.807, 2.05) is 38.2 Å². The van der Waals surface area contributed by atoms with Gasteiger partial charge in [0.25, 0.3) is 0 Å². The van der Waals surface area contributed by atoms with Crippen LogP contribution in [-0.4, -0.2) is 41.8 Å². The number of methoxy groups -OCH3 is 1. The first-order chi connectivity index (χ1) is 12.4. The van der Waals surface area contributed by atoms with Gasteiger partial charge in [-0.05, 0) is 39.5 Å². The van der Waals surface area contributed by atoms with Gasteiger partial charge in [-0.1, -0.05) is 24.3 Å². The minimum absolute atomic E-state index is 0. The van der Waals surface area contributed by atoms with Crippen molar-refractivity contribution >= 4 is 23.8 Å². The Kier molecular flexibility index (Phi) is 17.2. The SMILES string of the molecule is C/C=C/CCCC(=O)N(C(=O)CCC/C=C/C)C(CC(=O)OC)C(=O)[O-].[Na+].